The maximum atomic E-state index is 12.0. The summed E-state index contributed by atoms with van der Waals surface area (Å²) < 4.78 is 0. The van der Waals surface area contributed by atoms with Crippen LogP contribution in [-0.2, 0) is 9.59 Å². The number of carbonyl (C=O) groups excluding carboxylic acids is 1. The van der Waals surface area contributed by atoms with Crippen molar-refractivity contribution in [3.8, 4) is 0 Å². The third-order valence-corrected chi connectivity index (χ3v) is 4.23. The van der Waals surface area contributed by atoms with Gasteiger partial charge in [-0.25, -0.2) is 0 Å². The Morgan fingerprint density at radius 3 is 2.33 bits per heavy atom. The van der Waals surface area contributed by atoms with E-state index in [9.17, 15) is 9.59 Å². The van der Waals surface area contributed by atoms with E-state index in [1.807, 2.05) is 6.92 Å². The fraction of sp³-hybridized carbons (Fsp3) is 0.846. The summed E-state index contributed by atoms with van der Waals surface area (Å²) in [4.78, 5) is 22.8. The number of carboxylic acid groups (broad SMARTS) is 1. The van der Waals surface area contributed by atoms with Crippen molar-refractivity contribution in [1.82, 2.24) is 5.32 Å². The highest BCUT2D eigenvalue weighted by Gasteiger charge is 2.29. The number of carboxylic acids is 1. The Kier molecular flexibility index (Phi) is 6.54. The molecule has 1 unspecified atom stereocenters. The van der Waals surface area contributed by atoms with Gasteiger partial charge < -0.3 is 10.4 Å². The lowest BCUT2D eigenvalue weighted by Crippen LogP contribution is -2.39. The number of thioether (sulfide) groups is 1. The molecule has 1 aliphatic carbocycles. The first-order chi connectivity index (χ1) is 8.54. The minimum absolute atomic E-state index is 0.0114. The summed E-state index contributed by atoms with van der Waals surface area (Å²) in [6.45, 7) is 2.02. The first kappa shape index (κ1) is 15.3. The van der Waals surface area contributed by atoms with E-state index >= 15 is 0 Å². The van der Waals surface area contributed by atoms with Crippen molar-refractivity contribution in [3.63, 3.8) is 0 Å². The number of nitrogens with one attached hydrogen (secondary N) is 1. The van der Waals surface area contributed by atoms with Crippen LogP contribution in [0.2, 0.25) is 0 Å². The van der Waals surface area contributed by atoms with Crippen molar-refractivity contribution in [1.29, 1.82) is 0 Å². The van der Waals surface area contributed by atoms with E-state index in [1.54, 1.807) is 11.8 Å². The van der Waals surface area contributed by atoms with Gasteiger partial charge in [-0.3, -0.25) is 9.59 Å². The van der Waals surface area contributed by atoms with Crippen LogP contribution in [0.1, 0.15) is 39.0 Å². The van der Waals surface area contributed by atoms with Crippen LogP contribution in [0.3, 0.4) is 0 Å². The molecule has 1 fully saturated rings. The number of aliphatic carboxylic acids is 1. The molecule has 0 aliphatic heterocycles. The monoisotopic (exact) mass is 273 g/mol. The van der Waals surface area contributed by atoms with Crippen LogP contribution in [0, 0.1) is 11.8 Å². The van der Waals surface area contributed by atoms with Crippen LogP contribution in [-0.4, -0.2) is 35.0 Å². The zero-order chi connectivity index (χ0) is 13.5. The minimum Gasteiger partial charge on any atom is -0.481 e. The number of hydrogen-bond donors (Lipinski definition) is 2. The smallest absolute Gasteiger partial charge is 0.306 e. The average Bonchev–Trinajstić information content (AvgIpc) is 2.36. The first-order valence-corrected chi connectivity index (χ1v) is 7.96. The van der Waals surface area contributed by atoms with Gasteiger partial charge in [0.05, 0.1) is 5.92 Å². The molecule has 104 valence electrons. The number of carbonyl (C=O) groups is 2. The third-order valence-electron chi connectivity index (χ3n) is 3.59. The molecule has 0 aromatic heterocycles. The summed E-state index contributed by atoms with van der Waals surface area (Å²) in [6.07, 6.45) is 5.72. The molecule has 0 bridgehead atoms. The molecule has 0 aromatic carbocycles. The fourth-order valence-corrected chi connectivity index (χ4v) is 2.92. The quantitative estimate of drug-likeness (QED) is 0.778. The van der Waals surface area contributed by atoms with Crippen LogP contribution in [0.4, 0.5) is 0 Å². The summed E-state index contributed by atoms with van der Waals surface area (Å²) >= 11 is 1.78. The summed E-state index contributed by atoms with van der Waals surface area (Å²) in [5.41, 5.74) is 0. The van der Waals surface area contributed by atoms with Crippen LogP contribution >= 0.6 is 11.8 Å². The predicted octanol–water partition coefficient (Wildman–Crippen LogP) is 2.14. The van der Waals surface area contributed by atoms with Gasteiger partial charge in [-0.05, 0) is 51.0 Å². The molecular weight excluding hydrogens is 250 g/mol. The van der Waals surface area contributed by atoms with Gasteiger partial charge in [0.25, 0.3) is 0 Å². The number of amides is 1. The third kappa shape index (κ3) is 4.88. The van der Waals surface area contributed by atoms with Gasteiger partial charge in [0, 0.05) is 12.0 Å². The molecule has 0 aromatic rings. The van der Waals surface area contributed by atoms with Gasteiger partial charge in [0.1, 0.15) is 0 Å². The van der Waals surface area contributed by atoms with Gasteiger partial charge in [0.2, 0.25) is 5.91 Å². The molecule has 1 aliphatic rings. The Hall–Kier alpha value is -0.710. The van der Waals surface area contributed by atoms with E-state index in [2.05, 4.69) is 11.6 Å². The standard InChI is InChI=1S/C13H23NO3S/c1-9(7-8-18-2)14-12(15)10-3-5-11(6-4-10)13(16)17/h9-11H,3-8H2,1-2H3,(H,14,15)(H,16,17). The molecule has 18 heavy (non-hydrogen) atoms. The normalized spacial score (nSPS) is 25.4. The van der Waals surface area contributed by atoms with Gasteiger partial charge in [-0.15, -0.1) is 0 Å². The van der Waals surface area contributed by atoms with Crippen LogP contribution in [0.5, 0.6) is 0 Å². The van der Waals surface area contributed by atoms with Crippen molar-refractivity contribution in [2.45, 2.75) is 45.1 Å². The molecule has 1 rings (SSSR count). The Labute approximate surface area is 113 Å². The van der Waals surface area contributed by atoms with E-state index in [4.69, 9.17) is 5.11 Å². The second kappa shape index (κ2) is 7.67. The molecule has 4 nitrogen and oxygen atoms in total. The summed E-state index contributed by atoms with van der Waals surface area (Å²) in [6, 6.07) is 0.210. The van der Waals surface area contributed by atoms with Crippen molar-refractivity contribution in [3.05, 3.63) is 0 Å². The van der Waals surface area contributed by atoms with Gasteiger partial charge >= 0.3 is 5.97 Å². The average molecular weight is 273 g/mol. The molecule has 0 radical (unpaired) electrons. The maximum Gasteiger partial charge on any atom is 0.306 e. The maximum absolute atomic E-state index is 12.0. The molecule has 0 heterocycles. The van der Waals surface area contributed by atoms with Crippen molar-refractivity contribution in [2.24, 2.45) is 11.8 Å². The lowest BCUT2D eigenvalue weighted by atomic mass is 9.81. The topological polar surface area (TPSA) is 66.4 Å². The predicted molar refractivity (Wildman–Crippen MR) is 73.7 cm³/mol. The Morgan fingerprint density at radius 2 is 1.83 bits per heavy atom. The van der Waals surface area contributed by atoms with Crippen LogP contribution in [0.25, 0.3) is 0 Å². The lowest BCUT2D eigenvalue weighted by molar-refractivity contribution is -0.144. The Morgan fingerprint density at radius 1 is 1.28 bits per heavy atom. The molecule has 2 N–H and O–H groups in total. The van der Waals surface area contributed by atoms with Crippen LogP contribution in [0.15, 0.2) is 0 Å². The Bertz CT molecular complexity index is 288. The van der Waals surface area contributed by atoms with Crippen molar-refractivity contribution in [2.75, 3.05) is 12.0 Å². The van der Waals surface area contributed by atoms with Gasteiger partial charge in [-0.2, -0.15) is 11.8 Å². The lowest BCUT2D eigenvalue weighted by Gasteiger charge is -2.26. The minimum atomic E-state index is -0.720. The SMILES string of the molecule is CSCCC(C)NC(=O)C1CCC(C(=O)O)CC1. The highest BCUT2D eigenvalue weighted by molar-refractivity contribution is 7.98. The zero-order valence-corrected chi connectivity index (χ0v) is 12.0. The zero-order valence-electron chi connectivity index (χ0n) is 11.1. The molecule has 0 spiro atoms. The summed E-state index contributed by atoms with van der Waals surface area (Å²) in [5.74, 6) is 0.197. The highest BCUT2D eigenvalue weighted by Crippen LogP contribution is 2.29. The molecular formula is C13H23NO3S. The molecule has 0 saturated heterocycles. The van der Waals surface area contributed by atoms with Gasteiger partial charge in [0.15, 0.2) is 0 Å². The molecule has 1 atom stereocenters. The second-order valence-corrected chi connectivity index (χ2v) is 6.06. The summed E-state index contributed by atoms with van der Waals surface area (Å²) in [5, 5.41) is 11.9. The van der Waals surface area contributed by atoms with E-state index in [-0.39, 0.29) is 23.8 Å². The number of hydrogen-bond acceptors (Lipinski definition) is 3. The highest BCUT2D eigenvalue weighted by atomic mass is 32.2. The van der Waals surface area contributed by atoms with E-state index in [1.165, 1.54) is 0 Å². The van der Waals surface area contributed by atoms with E-state index in [0.717, 1.165) is 12.2 Å². The Balaban J connectivity index is 2.29. The van der Waals surface area contributed by atoms with E-state index < -0.39 is 5.97 Å². The fourth-order valence-electron chi connectivity index (χ4n) is 2.33. The molecule has 1 amide bonds. The van der Waals surface area contributed by atoms with Crippen molar-refractivity contribution >= 4 is 23.6 Å². The molecule has 1 saturated carbocycles. The number of rotatable bonds is 6. The largest absolute Gasteiger partial charge is 0.481 e. The van der Waals surface area contributed by atoms with Crippen LogP contribution < -0.4 is 5.32 Å². The van der Waals surface area contributed by atoms with E-state index in [0.29, 0.717) is 25.7 Å². The second-order valence-electron chi connectivity index (χ2n) is 5.08. The van der Waals surface area contributed by atoms with Gasteiger partial charge in [-0.1, -0.05) is 0 Å². The summed E-state index contributed by atoms with van der Waals surface area (Å²) in [7, 11) is 0. The molecule has 5 heteroatoms. The van der Waals surface area contributed by atoms with Crippen molar-refractivity contribution < 1.29 is 14.7 Å². The first-order valence-electron chi connectivity index (χ1n) is 6.56.